The number of carbonyl (C=O) groups excluding carboxylic acids is 1. The lowest BCUT2D eigenvalue weighted by Crippen LogP contribution is -2.12. The van der Waals surface area contributed by atoms with E-state index in [0.29, 0.717) is 11.2 Å². The Balaban J connectivity index is 2.52. The van der Waals surface area contributed by atoms with E-state index in [1.807, 2.05) is 0 Å². The molecule has 7 nitrogen and oxygen atoms in total. The monoisotopic (exact) mass is 255 g/mol. The second kappa shape index (κ2) is 4.17. The van der Waals surface area contributed by atoms with Crippen LogP contribution in [-0.2, 0) is 9.53 Å². The van der Waals surface area contributed by atoms with Crippen LogP contribution < -0.4 is 5.73 Å². The van der Waals surface area contributed by atoms with Gasteiger partial charge in [0.15, 0.2) is 17.0 Å². The number of esters is 1. The molecule has 2 heterocycles. The van der Waals surface area contributed by atoms with Gasteiger partial charge >= 0.3 is 5.97 Å². The van der Waals surface area contributed by atoms with Crippen LogP contribution in [0.15, 0.2) is 6.33 Å². The maximum Gasteiger partial charge on any atom is 0.304 e. The number of fused-ring (bicyclic) bond motifs is 1. The van der Waals surface area contributed by atoms with Crippen LogP contribution >= 0.6 is 11.6 Å². The van der Waals surface area contributed by atoms with E-state index in [9.17, 15) is 4.79 Å². The van der Waals surface area contributed by atoms with Crippen molar-refractivity contribution in [3.8, 4) is 0 Å². The van der Waals surface area contributed by atoms with Gasteiger partial charge in [-0.05, 0) is 6.92 Å². The molecule has 8 heteroatoms. The normalized spacial score (nSPS) is 12.6. The lowest BCUT2D eigenvalue weighted by Gasteiger charge is -2.13. The van der Waals surface area contributed by atoms with Crippen LogP contribution in [0.1, 0.15) is 20.1 Å². The third kappa shape index (κ3) is 2.14. The highest BCUT2D eigenvalue weighted by molar-refractivity contribution is 6.33. The number of rotatable bonds is 2. The van der Waals surface area contributed by atoms with Gasteiger partial charge in [-0.3, -0.25) is 9.36 Å². The summed E-state index contributed by atoms with van der Waals surface area (Å²) in [6.07, 6.45) is 0.931. The molecular weight excluding hydrogens is 246 g/mol. The largest absolute Gasteiger partial charge is 0.442 e. The van der Waals surface area contributed by atoms with E-state index in [2.05, 4.69) is 15.0 Å². The lowest BCUT2D eigenvalue weighted by atomic mass is 10.5. The molecule has 0 saturated carbocycles. The third-order valence-electron chi connectivity index (χ3n) is 2.12. The zero-order chi connectivity index (χ0) is 12.6. The molecule has 0 bridgehead atoms. The first-order valence-electron chi connectivity index (χ1n) is 4.82. The minimum absolute atomic E-state index is 0.0410. The molecule has 0 radical (unpaired) electrons. The first-order chi connectivity index (χ1) is 7.99. The molecule has 0 spiro atoms. The molecule has 2 aromatic rings. The molecule has 1 atom stereocenters. The number of carbonyl (C=O) groups is 1. The number of ether oxygens (including phenoxy) is 1. The summed E-state index contributed by atoms with van der Waals surface area (Å²) in [7, 11) is 0. The molecule has 0 fully saturated rings. The third-order valence-corrected chi connectivity index (χ3v) is 2.39. The van der Waals surface area contributed by atoms with E-state index in [4.69, 9.17) is 22.1 Å². The molecule has 0 aliphatic heterocycles. The van der Waals surface area contributed by atoms with Crippen molar-refractivity contribution in [3.63, 3.8) is 0 Å². The molecule has 0 saturated heterocycles. The fraction of sp³-hybridized carbons (Fsp3) is 0.333. The number of halogens is 1. The minimum Gasteiger partial charge on any atom is -0.442 e. The minimum atomic E-state index is -0.539. The van der Waals surface area contributed by atoms with Gasteiger partial charge in [0, 0.05) is 6.92 Å². The molecule has 2 aromatic heterocycles. The van der Waals surface area contributed by atoms with Gasteiger partial charge in [0.2, 0.25) is 5.95 Å². The van der Waals surface area contributed by atoms with Crippen molar-refractivity contribution >= 4 is 34.7 Å². The topological polar surface area (TPSA) is 95.9 Å². The highest BCUT2D eigenvalue weighted by Crippen LogP contribution is 2.22. The van der Waals surface area contributed by atoms with Crippen molar-refractivity contribution in [1.82, 2.24) is 19.5 Å². The molecule has 2 N–H and O–H groups in total. The van der Waals surface area contributed by atoms with Crippen molar-refractivity contribution in [2.45, 2.75) is 20.1 Å². The van der Waals surface area contributed by atoms with Crippen LogP contribution in [0.5, 0.6) is 0 Å². The van der Waals surface area contributed by atoms with Gasteiger partial charge in [-0.15, -0.1) is 0 Å². The molecule has 0 aliphatic carbocycles. The summed E-state index contributed by atoms with van der Waals surface area (Å²) < 4.78 is 6.58. The predicted octanol–water partition coefficient (Wildman–Crippen LogP) is 1.14. The Hall–Kier alpha value is -1.89. The summed E-state index contributed by atoms with van der Waals surface area (Å²) in [5.41, 5.74) is 6.34. The zero-order valence-corrected chi connectivity index (χ0v) is 9.97. The molecule has 90 valence electrons. The first kappa shape index (κ1) is 11.6. The Bertz CT molecular complexity index is 582. The van der Waals surface area contributed by atoms with Crippen LogP contribution in [0.25, 0.3) is 11.2 Å². The van der Waals surface area contributed by atoms with Crippen LogP contribution in [-0.4, -0.2) is 25.5 Å². The smallest absolute Gasteiger partial charge is 0.304 e. The summed E-state index contributed by atoms with van der Waals surface area (Å²) in [6, 6.07) is 0. The molecule has 2 rings (SSSR count). The lowest BCUT2D eigenvalue weighted by molar-refractivity contribution is -0.149. The number of hydrogen-bond acceptors (Lipinski definition) is 6. The van der Waals surface area contributed by atoms with E-state index >= 15 is 0 Å². The van der Waals surface area contributed by atoms with Gasteiger partial charge < -0.3 is 10.5 Å². The zero-order valence-electron chi connectivity index (χ0n) is 9.22. The number of hydrogen-bond donors (Lipinski definition) is 1. The fourth-order valence-corrected chi connectivity index (χ4v) is 1.68. The Kier molecular flexibility index (Phi) is 2.84. The summed E-state index contributed by atoms with van der Waals surface area (Å²) in [6.45, 7) is 3.01. The summed E-state index contributed by atoms with van der Waals surface area (Å²) in [5, 5.41) is 0.168. The second-order valence-corrected chi connectivity index (χ2v) is 3.76. The molecule has 0 aliphatic rings. The van der Waals surface area contributed by atoms with Crippen LogP contribution in [0.2, 0.25) is 5.15 Å². The van der Waals surface area contributed by atoms with Crippen molar-refractivity contribution in [1.29, 1.82) is 0 Å². The van der Waals surface area contributed by atoms with Gasteiger partial charge in [0.05, 0.1) is 0 Å². The number of nitrogens with zero attached hydrogens (tertiary/aromatic N) is 4. The Morgan fingerprint density at radius 2 is 2.29 bits per heavy atom. The van der Waals surface area contributed by atoms with E-state index in [1.54, 1.807) is 11.5 Å². The maximum absolute atomic E-state index is 10.9. The van der Waals surface area contributed by atoms with E-state index in [0.717, 1.165) is 0 Å². The summed E-state index contributed by atoms with van der Waals surface area (Å²) in [4.78, 5) is 22.7. The number of aromatic nitrogens is 4. The highest BCUT2D eigenvalue weighted by atomic mass is 35.5. The molecule has 1 unspecified atom stereocenters. The molecule has 0 aromatic carbocycles. The van der Waals surface area contributed by atoms with Gasteiger partial charge in [0.25, 0.3) is 0 Å². The first-order valence-corrected chi connectivity index (χ1v) is 5.19. The average Bonchev–Trinajstić information content (AvgIpc) is 2.59. The van der Waals surface area contributed by atoms with Crippen LogP contribution in [0.3, 0.4) is 0 Å². The maximum atomic E-state index is 10.9. The standard InChI is InChI=1S/C9H10ClN5O2/c1-4(17-5(2)16)15-3-12-6-7(10)13-9(11)14-8(6)15/h3-4H,1-2H3,(H2,11,13,14). The predicted molar refractivity (Wildman–Crippen MR) is 61.2 cm³/mol. The Morgan fingerprint density at radius 1 is 1.59 bits per heavy atom. The van der Waals surface area contributed by atoms with Crippen LogP contribution in [0.4, 0.5) is 5.95 Å². The number of nitrogens with two attached hydrogens (primary N) is 1. The van der Waals surface area contributed by atoms with E-state index in [1.165, 1.54) is 13.3 Å². The molecule has 17 heavy (non-hydrogen) atoms. The van der Waals surface area contributed by atoms with Gasteiger partial charge in [0.1, 0.15) is 11.8 Å². The van der Waals surface area contributed by atoms with E-state index in [-0.39, 0.29) is 11.1 Å². The summed E-state index contributed by atoms with van der Waals surface area (Å²) >= 11 is 5.87. The van der Waals surface area contributed by atoms with Crippen molar-refractivity contribution in [2.75, 3.05) is 5.73 Å². The van der Waals surface area contributed by atoms with Gasteiger partial charge in [-0.1, -0.05) is 11.6 Å². The van der Waals surface area contributed by atoms with Gasteiger partial charge in [-0.2, -0.15) is 9.97 Å². The summed E-state index contributed by atoms with van der Waals surface area (Å²) in [5.74, 6) is -0.355. The Labute approximate surface area is 102 Å². The fourth-order valence-electron chi connectivity index (χ4n) is 1.46. The average molecular weight is 256 g/mol. The number of imidazole rings is 1. The van der Waals surface area contributed by atoms with Crippen molar-refractivity contribution < 1.29 is 9.53 Å². The number of anilines is 1. The highest BCUT2D eigenvalue weighted by Gasteiger charge is 2.15. The van der Waals surface area contributed by atoms with Crippen molar-refractivity contribution in [3.05, 3.63) is 11.5 Å². The van der Waals surface area contributed by atoms with Crippen molar-refractivity contribution in [2.24, 2.45) is 0 Å². The number of nitrogen functional groups attached to an aromatic ring is 1. The second-order valence-electron chi connectivity index (χ2n) is 3.41. The SMILES string of the molecule is CC(=O)OC(C)n1cnc2c(Cl)nc(N)nc21. The quantitative estimate of drug-likeness (QED) is 0.639. The van der Waals surface area contributed by atoms with E-state index < -0.39 is 12.2 Å². The Morgan fingerprint density at radius 3 is 2.94 bits per heavy atom. The molecule has 0 amide bonds. The molecular formula is C9H10ClN5O2. The van der Waals surface area contributed by atoms with Crippen LogP contribution in [0, 0.1) is 0 Å². The van der Waals surface area contributed by atoms with Gasteiger partial charge in [-0.25, -0.2) is 4.98 Å².